The van der Waals surface area contributed by atoms with Crippen LogP contribution in [0, 0.1) is 0 Å². The van der Waals surface area contributed by atoms with E-state index in [1.165, 1.54) is 321 Å². The minimum absolute atomic E-state index is 0.0121. The Morgan fingerprint density at radius 3 is 0.947 bits per heavy atom. The Hall–Kier alpha value is -1.40. The average Bonchev–Trinajstić information content (AvgIpc) is 3.42. The van der Waals surface area contributed by atoms with Gasteiger partial charge in [0, 0.05) is 12.8 Å². The molecule has 2 atom stereocenters. The number of nitrogens with one attached hydrogen (secondary N) is 1. The first-order valence-electron chi connectivity index (χ1n) is 34.9. The van der Waals surface area contributed by atoms with Crippen LogP contribution in [0.4, 0.5) is 0 Å². The van der Waals surface area contributed by atoms with Crippen molar-refractivity contribution in [1.82, 2.24) is 5.32 Å². The molecule has 0 saturated carbocycles. The monoisotopic (exact) mass is 1070 g/mol. The van der Waals surface area contributed by atoms with E-state index in [4.69, 9.17) is 4.74 Å². The molecular weight excluding hydrogens is 935 g/mol. The van der Waals surface area contributed by atoms with E-state index in [1.54, 1.807) is 0 Å². The van der Waals surface area contributed by atoms with Gasteiger partial charge in [-0.05, 0) is 51.4 Å². The minimum Gasteiger partial charge on any atom is -0.466 e. The summed E-state index contributed by atoms with van der Waals surface area (Å²) in [6.45, 7) is 4.97. The molecule has 0 rings (SSSR count). The van der Waals surface area contributed by atoms with Crippen LogP contribution >= 0.6 is 0 Å². The first-order chi connectivity index (χ1) is 37.5. The number of allylic oxidation sites excluding steroid dienone is 2. The Morgan fingerprint density at radius 1 is 0.355 bits per heavy atom. The van der Waals surface area contributed by atoms with Crippen LogP contribution in [0.5, 0.6) is 0 Å². The molecule has 0 aromatic rings. The van der Waals surface area contributed by atoms with Crippen molar-refractivity contribution in [1.29, 1.82) is 0 Å². The number of unbranched alkanes of at least 4 members (excludes halogenated alkanes) is 53. The zero-order chi connectivity index (χ0) is 55.0. The standard InChI is InChI=1S/C70H137NO5/c1-3-5-7-9-11-13-15-17-35-39-42-46-50-54-58-62-68(73)67(66-72)71-69(74)63-59-55-51-47-43-40-36-33-31-29-27-25-23-21-19-18-20-22-24-26-28-30-32-34-37-41-45-49-53-57-61-65-76-70(75)64-60-56-52-48-44-38-16-14-12-10-8-6-4-2/h14,16,67-68,72-73H,3-13,15,17-66H2,1-2H3,(H,71,74)/b16-14-. The molecule has 2 unspecified atom stereocenters. The smallest absolute Gasteiger partial charge is 0.305 e. The molecule has 0 bridgehead atoms. The normalized spacial score (nSPS) is 12.5. The topological polar surface area (TPSA) is 95.9 Å². The third-order valence-electron chi connectivity index (χ3n) is 16.6. The highest BCUT2D eigenvalue weighted by Gasteiger charge is 2.20. The zero-order valence-electron chi connectivity index (χ0n) is 51.8. The number of hydrogen-bond acceptors (Lipinski definition) is 5. The molecule has 3 N–H and O–H groups in total. The summed E-state index contributed by atoms with van der Waals surface area (Å²) < 4.78 is 5.48. The van der Waals surface area contributed by atoms with Crippen molar-refractivity contribution in [2.24, 2.45) is 0 Å². The second kappa shape index (κ2) is 66.1. The molecular formula is C70H137NO5. The average molecular weight is 1070 g/mol. The maximum Gasteiger partial charge on any atom is 0.305 e. The fourth-order valence-corrected chi connectivity index (χ4v) is 11.2. The van der Waals surface area contributed by atoms with E-state index in [0.717, 1.165) is 44.9 Å². The fourth-order valence-electron chi connectivity index (χ4n) is 11.2. The van der Waals surface area contributed by atoms with Gasteiger partial charge in [0.15, 0.2) is 0 Å². The zero-order valence-corrected chi connectivity index (χ0v) is 51.8. The maximum atomic E-state index is 12.5. The summed E-state index contributed by atoms with van der Waals surface area (Å²) >= 11 is 0. The van der Waals surface area contributed by atoms with Crippen molar-refractivity contribution in [3.63, 3.8) is 0 Å². The summed E-state index contributed by atoms with van der Waals surface area (Å²) in [7, 11) is 0. The molecule has 6 heteroatoms. The van der Waals surface area contributed by atoms with Gasteiger partial charge in [0.2, 0.25) is 5.91 Å². The number of aliphatic hydroxyl groups is 2. The van der Waals surface area contributed by atoms with Crippen LogP contribution in [0.15, 0.2) is 12.2 Å². The Bertz CT molecular complexity index is 1140. The van der Waals surface area contributed by atoms with Gasteiger partial charge < -0.3 is 20.3 Å². The van der Waals surface area contributed by atoms with Gasteiger partial charge in [0.1, 0.15) is 0 Å². The van der Waals surface area contributed by atoms with E-state index in [1.807, 2.05) is 0 Å². The van der Waals surface area contributed by atoms with Crippen LogP contribution in [0.3, 0.4) is 0 Å². The van der Waals surface area contributed by atoms with Crippen molar-refractivity contribution in [2.45, 2.75) is 411 Å². The van der Waals surface area contributed by atoms with E-state index in [0.29, 0.717) is 25.9 Å². The Kier molecular flexibility index (Phi) is 64.9. The molecule has 452 valence electrons. The van der Waals surface area contributed by atoms with Gasteiger partial charge in [0.25, 0.3) is 0 Å². The highest BCUT2D eigenvalue weighted by atomic mass is 16.5. The van der Waals surface area contributed by atoms with E-state index >= 15 is 0 Å². The summed E-state index contributed by atoms with van der Waals surface area (Å²) in [4.78, 5) is 24.5. The van der Waals surface area contributed by atoms with Gasteiger partial charge >= 0.3 is 5.97 Å². The van der Waals surface area contributed by atoms with Crippen LogP contribution in [0.25, 0.3) is 0 Å². The lowest BCUT2D eigenvalue weighted by Crippen LogP contribution is -2.45. The van der Waals surface area contributed by atoms with Gasteiger partial charge in [-0.1, -0.05) is 347 Å². The number of amides is 1. The van der Waals surface area contributed by atoms with E-state index in [-0.39, 0.29) is 18.5 Å². The molecule has 0 aliphatic rings. The quantitative estimate of drug-likeness (QED) is 0.0320. The molecule has 0 spiro atoms. The molecule has 0 saturated heterocycles. The van der Waals surface area contributed by atoms with Crippen molar-refractivity contribution in [3.05, 3.63) is 12.2 Å². The number of carbonyl (C=O) groups excluding carboxylic acids is 2. The molecule has 0 aliphatic heterocycles. The number of rotatable bonds is 66. The molecule has 0 heterocycles. The molecule has 1 amide bonds. The number of carbonyl (C=O) groups is 2. The second-order valence-electron chi connectivity index (χ2n) is 24.2. The number of aliphatic hydroxyl groups excluding tert-OH is 2. The van der Waals surface area contributed by atoms with Crippen LogP contribution in [0.2, 0.25) is 0 Å². The van der Waals surface area contributed by atoms with Crippen LogP contribution in [0.1, 0.15) is 399 Å². The van der Waals surface area contributed by atoms with Crippen LogP contribution in [-0.4, -0.2) is 47.4 Å². The summed E-state index contributed by atoms with van der Waals surface area (Å²) in [5.41, 5.74) is 0. The Balaban J connectivity index is 3.31. The van der Waals surface area contributed by atoms with Gasteiger partial charge in [-0.2, -0.15) is 0 Å². The van der Waals surface area contributed by atoms with Crippen molar-refractivity contribution in [2.75, 3.05) is 13.2 Å². The number of ether oxygens (including phenoxy) is 1. The highest BCUT2D eigenvalue weighted by molar-refractivity contribution is 5.76. The Labute approximate surface area is 476 Å². The van der Waals surface area contributed by atoms with Gasteiger partial charge in [-0.15, -0.1) is 0 Å². The maximum absolute atomic E-state index is 12.5. The SMILES string of the molecule is CCCCCC/C=C\CCCCCCCC(=O)OCCCCCCCCCCCCCCCCCCCCCCCCCCCCCCCCCC(=O)NC(CO)C(O)CCCCCCCCCCCCCCCCC. The minimum atomic E-state index is -0.660. The second-order valence-corrected chi connectivity index (χ2v) is 24.2. The first kappa shape index (κ1) is 74.6. The lowest BCUT2D eigenvalue weighted by atomic mass is 10.0. The summed E-state index contributed by atoms with van der Waals surface area (Å²) in [6.07, 6.45) is 81.2. The number of esters is 1. The first-order valence-corrected chi connectivity index (χ1v) is 34.9. The molecule has 0 radical (unpaired) electrons. The van der Waals surface area contributed by atoms with E-state index in [9.17, 15) is 19.8 Å². The highest BCUT2D eigenvalue weighted by Crippen LogP contribution is 2.19. The number of hydrogen-bond donors (Lipinski definition) is 3. The Morgan fingerprint density at radius 2 is 0.618 bits per heavy atom. The fraction of sp³-hybridized carbons (Fsp3) is 0.943. The third-order valence-corrected chi connectivity index (χ3v) is 16.6. The van der Waals surface area contributed by atoms with E-state index < -0.39 is 12.1 Å². The van der Waals surface area contributed by atoms with Gasteiger partial charge in [0.05, 0.1) is 25.4 Å². The van der Waals surface area contributed by atoms with Gasteiger partial charge in [-0.25, -0.2) is 0 Å². The van der Waals surface area contributed by atoms with E-state index in [2.05, 4.69) is 31.3 Å². The predicted octanol–water partition coefficient (Wildman–Crippen LogP) is 22.4. The van der Waals surface area contributed by atoms with Crippen LogP contribution in [-0.2, 0) is 14.3 Å². The van der Waals surface area contributed by atoms with Gasteiger partial charge in [-0.3, -0.25) is 9.59 Å². The molecule has 0 aromatic carbocycles. The molecule has 0 aliphatic carbocycles. The molecule has 6 nitrogen and oxygen atoms in total. The summed E-state index contributed by atoms with van der Waals surface area (Å²) in [5, 5.41) is 23.3. The van der Waals surface area contributed by atoms with Crippen molar-refractivity contribution >= 4 is 11.9 Å². The summed E-state index contributed by atoms with van der Waals surface area (Å²) in [6, 6.07) is -0.537. The third kappa shape index (κ3) is 61.8. The van der Waals surface area contributed by atoms with Crippen molar-refractivity contribution < 1.29 is 24.5 Å². The summed E-state index contributed by atoms with van der Waals surface area (Å²) in [5.74, 6) is -0.0153. The predicted molar refractivity (Wildman–Crippen MR) is 333 cm³/mol. The largest absolute Gasteiger partial charge is 0.466 e. The van der Waals surface area contributed by atoms with Crippen LogP contribution < -0.4 is 5.32 Å². The lowest BCUT2D eigenvalue weighted by molar-refractivity contribution is -0.143. The molecule has 76 heavy (non-hydrogen) atoms. The lowest BCUT2D eigenvalue weighted by Gasteiger charge is -2.22. The van der Waals surface area contributed by atoms with Crippen molar-refractivity contribution in [3.8, 4) is 0 Å². The molecule has 0 fully saturated rings. The molecule has 0 aromatic heterocycles.